The first kappa shape index (κ1) is 40.1. The van der Waals surface area contributed by atoms with E-state index in [0.717, 1.165) is 39.3 Å². The van der Waals surface area contributed by atoms with Gasteiger partial charge in [0, 0.05) is 23.2 Å². The van der Waals surface area contributed by atoms with E-state index in [2.05, 4.69) is 144 Å². The molecule has 0 radical (unpaired) electrons. The summed E-state index contributed by atoms with van der Waals surface area (Å²) < 4.78 is 10.4. The van der Waals surface area contributed by atoms with Crippen LogP contribution in [0.3, 0.4) is 0 Å². The van der Waals surface area contributed by atoms with Crippen molar-refractivity contribution in [3.8, 4) is 28.3 Å². The van der Waals surface area contributed by atoms with Crippen LogP contribution in [0.2, 0.25) is 0 Å². The van der Waals surface area contributed by atoms with E-state index in [4.69, 9.17) is 19.3 Å². The molecule has 5 aromatic rings. The molecule has 278 valence electrons. The number of ether oxygens (including phenoxy) is 2. The molecule has 0 aliphatic rings. The van der Waals surface area contributed by atoms with Gasteiger partial charge in [0.1, 0.15) is 18.2 Å². The summed E-state index contributed by atoms with van der Waals surface area (Å²) in [6.07, 6.45) is 1.62. The largest absolute Gasteiger partial charge is 0.459 e. The summed E-state index contributed by atoms with van der Waals surface area (Å²) in [5.41, 5.74) is 10.7. The van der Waals surface area contributed by atoms with Crippen LogP contribution in [0.4, 0.5) is 17.1 Å². The second-order valence-electron chi connectivity index (χ2n) is 15.2. The Morgan fingerprint density at radius 2 is 1.02 bits per heavy atom. The third-order valence-corrected chi connectivity index (χ3v) is 9.70. The molecule has 0 saturated carbocycles. The van der Waals surface area contributed by atoms with Crippen LogP contribution in [0.1, 0.15) is 58.2 Å². The average Bonchev–Trinajstić information content (AvgIpc) is 3.15. The molecular weight excluding hydrogens is 691 g/mol. The van der Waals surface area contributed by atoms with Gasteiger partial charge in [-0.3, -0.25) is 0 Å². The van der Waals surface area contributed by atoms with Crippen LogP contribution in [0.25, 0.3) is 28.3 Å². The minimum Gasteiger partial charge on any atom is -0.459 e. The molecule has 7 nitrogen and oxygen atoms in total. The number of hydrogen-bond donors (Lipinski definition) is 2. The van der Waals surface area contributed by atoms with Crippen LogP contribution in [0.5, 0.6) is 0 Å². The van der Waals surface area contributed by atoms with E-state index in [1.165, 1.54) is 17.2 Å². The fraction of sp³-hybridized carbons (Fsp3) is 0.261. The molecule has 5 rings (SSSR count). The minimum atomic E-state index is -2.03. The van der Waals surface area contributed by atoms with Crippen molar-refractivity contribution >= 4 is 37.5 Å². The van der Waals surface area contributed by atoms with E-state index < -0.39 is 14.3 Å². The Morgan fingerprint density at radius 3 is 1.39 bits per heavy atom. The van der Waals surface area contributed by atoms with Crippen LogP contribution < -0.4 is 4.90 Å². The van der Waals surface area contributed by atoms with Gasteiger partial charge in [-0.05, 0) is 92.2 Å². The van der Waals surface area contributed by atoms with E-state index in [0.29, 0.717) is 5.56 Å². The van der Waals surface area contributed by atoms with E-state index in [-0.39, 0.29) is 42.4 Å². The van der Waals surface area contributed by atoms with Crippen molar-refractivity contribution in [3.05, 3.63) is 144 Å². The normalized spacial score (nSPS) is 12.0. The Kier molecular flexibility index (Phi) is 13.2. The lowest BCUT2D eigenvalue weighted by Gasteiger charge is -2.26. The third kappa shape index (κ3) is 10.7. The highest BCUT2D eigenvalue weighted by atomic mass is 31.2. The van der Waals surface area contributed by atoms with Crippen LogP contribution in [0.15, 0.2) is 127 Å². The molecule has 0 aromatic heterocycles. The molecule has 0 bridgehead atoms. The molecule has 0 aliphatic heterocycles. The zero-order valence-electron chi connectivity index (χ0n) is 31.9. The molecule has 0 atom stereocenters. The maximum Gasteiger partial charge on any atom is 0.348 e. The fourth-order valence-corrected chi connectivity index (χ4v) is 6.21. The maximum absolute atomic E-state index is 12.6. The number of esters is 1. The summed E-state index contributed by atoms with van der Waals surface area (Å²) in [6.45, 7) is 13.5. The summed E-state index contributed by atoms with van der Waals surface area (Å²) >= 11 is 0. The van der Waals surface area contributed by atoms with Crippen LogP contribution in [0, 0.1) is 11.3 Å². The SMILES string of the molecule is CC(C)(C)c1ccc(-c2ccc(N(c3ccc(/C=C(\C#N)C(=O)OCCOCCP(O)O)cc3)c3ccc(-c4ccc(C(C)(C)C)cc4)cc3)cc2)cc1. The van der Waals surface area contributed by atoms with E-state index in [1.54, 1.807) is 0 Å². The molecule has 0 unspecified atom stereocenters. The number of carbonyl (C=O) groups excluding carboxylic acids is 1. The van der Waals surface area contributed by atoms with E-state index in [9.17, 15) is 10.1 Å². The van der Waals surface area contributed by atoms with Crippen molar-refractivity contribution in [2.75, 3.05) is 30.9 Å². The number of nitriles is 1. The molecule has 0 amide bonds. The number of rotatable bonds is 13. The standard InChI is InChI=1S/C46H49N2O5P/c1-45(2,3)39-17-9-34(10-18-39)36-13-23-42(24-14-36)48(43-25-15-37(16-26-43)35-11-19-40(20-12-35)46(4,5)6)41-21-7-33(8-22-41)31-38(32-47)44(49)53-28-27-52-29-30-54(50)51/h7-26,31,50-51H,27-30H2,1-6H3/b38-31+. The highest BCUT2D eigenvalue weighted by Crippen LogP contribution is 2.37. The summed E-state index contributed by atoms with van der Waals surface area (Å²) in [4.78, 5) is 32.7. The van der Waals surface area contributed by atoms with Gasteiger partial charge in [-0.25, -0.2) is 4.79 Å². The van der Waals surface area contributed by atoms with Crippen LogP contribution in [-0.4, -0.2) is 41.7 Å². The van der Waals surface area contributed by atoms with Crippen molar-refractivity contribution < 1.29 is 24.1 Å². The number of carbonyl (C=O) groups is 1. The average molecular weight is 741 g/mol. The number of nitrogens with zero attached hydrogens (tertiary/aromatic N) is 2. The summed E-state index contributed by atoms with van der Waals surface area (Å²) in [5, 5.41) is 9.70. The van der Waals surface area contributed by atoms with Gasteiger partial charge in [-0.1, -0.05) is 126 Å². The summed E-state index contributed by atoms with van der Waals surface area (Å²) in [7, 11) is -2.03. The molecule has 5 aromatic carbocycles. The van der Waals surface area contributed by atoms with E-state index in [1.807, 2.05) is 30.3 Å². The summed E-state index contributed by atoms with van der Waals surface area (Å²) in [5.74, 6) is -0.750. The number of anilines is 3. The highest BCUT2D eigenvalue weighted by Gasteiger charge is 2.17. The Morgan fingerprint density at radius 1 is 0.630 bits per heavy atom. The smallest absolute Gasteiger partial charge is 0.348 e. The second kappa shape index (κ2) is 17.8. The maximum atomic E-state index is 12.6. The molecule has 8 heteroatoms. The van der Waals surface area contributed by atoms with Gasteiger partial charge >= 0.3 is 5.97 Å². The zero-order chi connectivity index (χ0) is 38.9. The predicted octanol–water partition coefficient (Wildman–Crippen LogP) is 10.8. The summed E-state index contributed by atoms with van der Waals surface area (Å²) in [6, 6.07) is 44.2. The van der Waals surface area contributed by atoms with Crippen LogP contribution in [-0.2, 0) is 25.1 Å². The van der Waals surface area contributed by atoms with Gasteiger partial charge in [0.25, 0.3) is 0 Å². The van der Waals surface area contributed by atoms with Gasteiger partial charge in [0.2, 0.25) is 0 Å². The van der Waals surface area contributed by atoms with Gasteiger partial charge in [-0.15, -0.1) is 0 Å². The fourth-order valence-electron chi connectivity index (χ4n) is 5.92. The van der Waals surface area contributed by atoms with Gasteiger partial charge in [0.15, 0.2) is 8.38 Å². The number of hydrogen-bond acceptors (Lipinski definition) is 7. The molecule has 0 heterocycles. The molecule has 0 aliphatic carbocycles. The Balaban J connectivity index is 1.40. The molecule has 0 fully saturated rings. The van der Waals surface area contributed by atoms with Crippen LogP contribution >= 0.6 is 8.38 Å². The Bertz CT molecular complexity index is 1950. The van der Waals surface area contributed by atoms with Gasteiger partial charge in [-0.2, -0.15) is 5.26 Å². The zero-order valence-corrected chi connectivity index (χ0v) is 32.8. The first-order chi connectivity index (χ1) is 25.7. The second-order valence-corrected chi connectivity index (χ2v) is 16.4. The molecule has 0 spiro atoms. The van der Waals surface area contributed by atoms with Crippen molar-refractivity contribution in [2.45, 2.75) is 52.4 Å². The van der Waals surface area contributed by atoms with Crippen molar-refractivity contribution in [1.82, 2.24) is 0 Å². The van der Waals surface area contributed by atoms with Crippen molar-refractivity contribution in [2.24, 2.45) is 0 Å². The highest BCUT2D eigenvalue weighted by molar-refractivity contribution is 7.45. The Hall–Kier alpha value is -5.09. The lowest BCUT2D eigenvalue weighted by Crippen LogP contribution is -2.13. The minimum absolute atomic E-state index is 0.0530. The van der Waals surface area contributed by atoms with Gasteiger partial charge in [0.05, 0.1) is 13.2 Å². The molecule has 2 N–H and O–H groups in total. The third-order valence-electron chi connectivity index (χ3n) is 9.12. The lowest BCUT2D eigenvalue weighted by atomic mass is 9.86. The monoisotopic (exact) mass is 740 g/mol. The van der Waals surface area contributed by atoms with E-state index >= 15 is 0 Å². The molecule has 0 saturated heterocycles. The first-order valence-electron chi connectivity index (χ1n) is 18.1. The quantitative estimate of drug-likeness (QED) is 0.0407. The number of benzene rings is 5. The molecular formula is C46H49N2O5P. The topological polar surface area (TPSA) is 103 Å². The van der Waals surface area contributed by atoms with Crippen molar-refractivity contribution in [3.63, 3.8) is 0 Å². The van der Waals surface area contributed by atoms with Crippen molar-refractivity contribution in [1.29, 1.82) is 5.26 Å². The predicted molar refractivity (Wildman–Crippen MR) is 221 cm³/mol. The van der Waals surface area contributed by atoms with Gasteiger partial charge < -0.3 is 24.2 Å². The first-order valence-corrected chi connectivity index (χ1v) is 19.5. The molecule has 54 heavy (non-hydrogen) atoms. The lowest BCUT2D eigenvalue weighted by molar-refractivity contribution is -0.139. The Labute approximate surface area is 321 Å².